The third-order valence-electron chi connectivity index (χ3n) is 15.0. The van der Waals surface area contributed by atoms with Crippen molar-refractivity contribution in [3.8, 4) is 39.6 Å². The molecule has 2 aliphatic rings. The van der Waals surface area contributed by atoms with Crippen molar-refractivity contribution in [2.45, 2.75) is 31.6 Å². The van der Waals surface area contributed by atoms with E-state index in [0.717, 1.165) is 73.4 Å². The summed E-state index contributed by atoms with van der Waals surface area (Å²) in [6.45, 7) is 6.78. The minimum absolute atomic E-state index is 0.0591. The molecular formula is C66H53N5O. The second-order valence-electron chi connectivity index (χ2n) is 20.2. The van der Waals surface area contributed by atoms with Gasteiger partial charge in [0.15, 0.2) is 0 Å². The molecule has 6 heteroatoms. The maximum Gasteiger partial charge on any atom is 0.137 e. The van der Waals surface area contributed by atoms with Crippen molar-refractivity contribution < 1.29 is 4.74 Å². The smallest absolute Gasteiger partial charge is 0.137 e. The number of nitrogens with zero attached hydrogens (tertiary/aromatic N) is 4. The van der Waals surface area contributed by atoms with Gasteiger partial charge in [-0.05, 0) is 105 Å². The Balaban J connectivity index is 0.943. The highest BCUT2D eigenvalue weighted by atomic mass is 16.5. The zero-order chi connectivity index (χ0) is 48.7. The SMILES string of the molecule is CN1c2ccccc2C2(c3ccccc31)c1cccc3c1c1c2cc(Oc2cccc(Nc4ccccc4N(C)c4c(-c5ccccc5)cccc4-c4ccccc4)c2)cc1n3-c1cc(C(C)(C)C)ccn1. The quantitative estimate of drug-likeness (QED) is 0.156. The minimum atomic E-state index is -0.597. The van der Waals surface area contributed by atoms with E-state index in [4.69, 9.17) is 9.72 Å². The Morgan fingerprint density at radius 3 is 1.82 bits per heavy atom. The third kappa shape index (κ3) is 6.66. The summed E-state index contributed by atoms with van der Waals surface area (Å²) >= 11 is 0. The van der Waals surface area contributed by atoms with Gasteiger partial charge in [-0.3, -0.25) is 4.57 Å². The molecule has 0 unspecified atom stereocenters. The molecule has 6 nitrogen and oxygen atoms in total. The van der Waals surface area contributed by atoms with E-state index in [1.165, 1.54) is 50.0 Å². The zero-order valence-electron chi connectivity index (χ0n) is 41.1. The van der Waals surface area contributed by atoms with Gasteiger partial charge in [0.25, 0.3) is 0 Å². The Morgan fingerprint density at radius 1 is 0.528 bits per heavy atom. The van der Waals surface area contributed by atoms with Crippen LogP contribution in [-0.4, -0.2) is 23.6 Å². The number of hydrogen-bond acceptors (Lipinski definition) is 5. The summed E-state index contributed by atoms with van der Waals surface area (Å²) in [4.78, 5) is 9.74. The van der Waals surface area contributed by atoms with E-state index >= 15 is 0 Å². The van der Waals surface area contributed by atoms with Crippen LogP contribution in [0.15, 0.2) is 225 Å². The van der Waals surface area contributed by atoms with Gasteiger partial charge < -0.3 is 19.9 Å². The number of ether oxygens (including phenoxy) is 1. The number of rotatable bonds is 9. The van der Waals surface area contributed by atoms with Crippen molar-refractivity contribution in [2.24, 2.45) is 0 Å². The van der Waals surface area contributed by atoms with Gasteiger partial charge in [-0.1, -0.05) is 166 Å². The Bertz CT molecular complexity index is 3800. The molecule has 1 spiro atoms. The molecule has 2 aromatic heterocycles. The van der Waals surface area contributed by atoms with Crippen LogP contribution < -0.4 is 19.9 Å². The van der Waals surface area contributed by atoms with Crippen molar-refractivity contribution in [1.29, 1.82) is 0 Å². The fraction of sp³-hybridized carbons (Fsp3) is 0.106. The maximum absolute atomic E-state index is 7.17. The second kappa shape index (κ2) is 16.6. The lowest BCUT2D eigenvalue weighted by Crippen LogP contribution is -2.36. The predicted octanol–water partition coefficient (Wildman–Crippen LogP) is 16.9. The van der Waals surface area contributed by atoms with Crippen LogP contribution in [-0.2, 0) is 10.8 Å². The molecule has 11 aromatic rings. The lowest BCUT2D eigenvalue weighted by atomic mass is 9.64. The molecule has 3 heterocycles. The molecule has 0 fully saturated rings. The maximum atomic E-state index is 7.17. The molecule has 0 amide bonds. The third-order valence-corrected chi connectivity index (χ3v) is 15.0. The van der Waals surface area contributed by atoms with E-state index in [-0.39, 0.29) is 5.41 Å². The van der Waals surface area contributed by atoms with Crippen LogP contribution in [0.2, 0.25) is 0 Å². The molecule has 348 valence electrons. The summed E-state index contributed by atoms with van der Waals surface area (Å²) < 4.78 is 9.52. The normalized spacial score (nSPS) is 13.2. The highest BCUT2D eigenvalue weighted by molar-refractivity contribution is 6.18. The van der Waals surface area contributed by atoms with Gasteiger partial charge in [0.2, 0.25) is 0 Å². The Morgan fingerprint density at radius 2 is 1.12 bits per heavy atom. The number of fused-ring (bicyclic) bond motifs is 6. The molecule has 1 aliphatic heterocycles. The lowest BCUT2D eigenvalue weighted by molar-refractivity contribution is 0.482. The summed E-state index contributed by atoms with van der Waals surface area (Å²) in [6, 6.07) is 78.3. The first-order valence-electron chi connectivity index (χ1n) is 24.8. The van der Waals surface area contributed by atoms with Gasteiger partial charge >= 0.3 is 0 Å². The number of anilines is 6. The number of para-hydroxylation sites is 5. The van der Waals surface area contributed by atoms with Gasteiger partial charge in [0, 0.05) is 71.4 Å². The first-order chi connectivity index (χ1) is 35.2. The monoisotopic (exact) mass is 931 g/mol. The average Bonchev–Trinajstić information content (AvgIpc) is 3.91. The summed E-state index contributed by atoms with van der Waals surface area (Å²) in [5.41, 5.74) is 18.8. The molecular weight excluding hydrogens is 879 g/mol. The standard InChI is InChI=1S/C66H53N5O/c1-65(2,3)45-37-38-67-61(39-45)71-59-36-20-31-53-62(59)63-54(66(53)51-29-12-15-33-56(51)69(4)57-34-16-13-30-52(57)66)41-48(42-60(63)71)72-47-26-18-25-46(40-47)68-55-32-14-17-35-58(55)70(5)64-49(43-21-8-6-9-22-43)27-19-28-50(64)44-23-10-7-11-24-44/h6-42,68H,1-5H3. The molecule has 9 aromatic carbocycles. The number of pyridine rings is 1. The van der Waals surface area contributed by atoms with Gasteiger partial charge in [-0.25, -0.2) is 4.98 Å². The highest BCUT2D eigenvalue weighted by Crippen LogP contribution is 2.63. The zero-order valence-corrected chi connectivity index (χ0v) is 41.1. The van der Waals surface area contributed by atoms with E-state index in [1.54, 1.807) is 0 Å². The molecule has 0 saturated carbocycles. The van der Waals surface area contributed by atoms with Crippen LogP contribution in [0.25, 0.3) is 49.9 Å². The summed E-state index contributed by atoms with van der Waals surface area (Å²) in [5, 5.41) is 6.30. The van der Waals surface area contributed by atoms with Crippen LogP contribution in [0.1, 0.15) is 48.6 Å². The first-order valence-corrected chi connectivity index (χ1v) is 24.8. The molecule has 0 saturated heterocycles. The lowest BCUT2D eigenvalue weighted by Gasteiger charge is -2.44. The van der Waals surface area contributed by atoms with E-state index in [0.29, 0.717) is 0 Å². The summed E-state index contributed by atoms with van der Waals surface area (Å²) in [5.74, 6) is 2.37. The fourth-order valence-electron chi connectivity index (χ4n) is 11.8. The molecule has 1 aliphatic carbocycles. The summed E-state index contributed by atoms with van der Waals surface area (Å²) in [6.07, 6.45) is 1.95. The van der Waals surface area contributed by atoms with Crippen LogP contribution in [0, 0.1) is 0 Å². The Kier molecular flexibility index (Phi) is 9.98. The predicted molar refractivity (Wildman–Crippen MR) is 299 cm³/mol. The first kappa shape index (κ1) is 43.2. The second-order valence-corrected chi connectivity index (χ2v) is 20.2. The van der Waals surface area contributed by atoms with Gasteiger partial charge in [0.1, 0.15) is 17.3 Å². The Labute approximate surface area is 421 Å². The molecule has 0 bridgehead atoms. The van der Waals surface area contributed by atoms with Crippen molar-refractivity contribution in [2.75, 3.05) is 29.2 Å². The highest BCUT2D eigenvalue weighted by Gasteiger charge is 2.51. The van der Waals surface area contributed by atoms with Crippen LogP contribution in [0.4, 0.5) is 34.1 Å². The summed E-state index contributed by atoms with van der Waals surface area (Å²) in [7, 11) is 4.35. The van der Waals surface area contributed by atoms with E-state index < -0.39 is 5.41 Å². The topological polar surface area (TPSA) is 45.6 Å². The molecule has 72 heavy (non-hydrogen) atoms. The molecule has 13 rings (SSSR count). The van der Waals surface area contributed by atoms with E-state index in [2.05, 4.69) is 267 Å². The van der Waals surface area contributed by atoms with Crippen molar-refractivity contribution in [1.82, 2.24) is 9.55 Å². The number of hydrogen-bond donors (Lipinski definition) is 1. The van der Waals surface area contributed by atoms with E-state index in [9.17, 15) is 0 Å². The van der Waals surface area contributed by atoms with Gasteiger partial charge in [-0.15, -0.1) is 0 Å². The molecule has 0 atom stereocenters. The van der Waals surface area contributed by atoms with Gasteiger partial charge in [-0.2, -0.15) is 0 Å². The fourth-order valence-corrected chi connectivity index (χ4v) is 11.8. The van der Waals surface area contributed by atoms with Crippen molar-refractivity contribution >= 4 is 55.9 Å². The van der Waals surface area contributed by atoms with Crippen LogP contribution in [0.3, 0.4) is 0 Å². The number of benzene rings is 9. The van der Waals surface area contributed by atoms with Crippen LogP contribution in [0.5, 0.6) is 11.5 Å². The Hall–Kier alpha value is -8.87. The van der Waals surface area contributed by atoms with Crippen LogP contribution >= 0.6 is 0 Å². The van der Waals surface area contributed by atoms with Gasteiger partial charge in [0.05, 0.1) is 33.5 Å². The van der Waals surface area contributed by atoms with Crippen molar-refractivity contribution in [3.63, 3.8) is 0 Å². The molecule has 0 radical (unpaired) electrons. The average molecular weight is 932 g/mol. The minimum Gasteiger partial charge on any atom is -0.457 e. The number of aromatic nitrogens is 2. The number of nitrogens with one attached hydrogen (secondary N) is 1. The largest absolute Gasteiger partial charge is 0.457 e. The van der Waals surface area contributed by atoms with E-state index in [1.807, 2.05) is 12.3 Å². The van der Waals surface area contributed by atoms with Crippen molar-refractivity contribution in [3.05, 3.63) is 252 Å². The molecule has 1 N–H and O–H groups in total.